The second kappa shape index (κ2) is 14.3. The van der Waals surface area contributed by atoms with Crippen molar-refractivity contribution in [1.82, 2.24) is 4.98 Å². The first-order valence-electron chi connectivity index (χ1n) is 18.4. The molecule has 2 N–H and O–H groups in total. The van der Waals surface area contributed by atoms with E-state index >= 15 is 0 Å². The van der Waals surface area contributed by atoms with Crippen LogP contribution in [-0.2, 0) is 28.9 Å². The van der Waals surface area contributed by atoms with Crippen molar-refractivity contribution in [3.05, 3.63) is 123 Å². The van der Waals surface area contributed by atoms with Crippen LogP contribution in [0.3, 0.4) is 0 Å². The molecule has 55 heavy (non-hydrogen) atoms. The van der Waals surface area contributed by atoms with Gasteiger partial charge in [0, 0.05) is 71.9 Å². The number of carbonyl (C=O) groups is 3. The van der Waals surface area contributed by atoms with Crippen LogP contribution in [0.25, 0.3) is 10.4 Å². The molecule has 0 bridgehead atoms. The Morgan fingerprint density at radius 3 is 2.35 bits per heavy atom. The zero-order valence-corrected chi connectivity index (χ0v) is 30.6. The van der Waals surface area contributed by atoms with E-state index < -0.39 is 23.2 Å². The van der Waals surface area contributed by atoms with Crippen LogP contribution < -0.4 is 20.4 Å². The second-order valence-corrected chi connectivity index (χ2v) is 15.6. The third-order valence-corrected chi connectivity index (χ3v) is 12.2. The van der Waals surface area contributed by atoms with Crippen molar-refractivity contribution >= 4 is 51.9 Å². The summed E-state index contributed by atoms with van der Waals surface area (Å²) < 4.78 is 39.8. The average molecular weight is 762 g/mol. The van der Waals surface area contributed by atoms with Gasteiger partial charge >= 0.3 is 0 Å². The number of nitrogens with one attached hydrogen (secondary N) is 2. The Morgan fingerprint density at radius 2 is 1.56 bits per heavy atom. The van der Waals surface area contributed by atoms with E-state index in [9.17, 15) is 23.2 Å². The first-order valence-corrected chi connectivity index (χ1v) is 19.2. The second-order valence-electron chi connectivity index (χ2n) is 14.5. The number of thiophene rings is 1. The molecule has 0 atom stereocenters. The zero-order chi connectivity index (χ0) is 37.7. The van der Waals surface area contributed by atoms with E-state index in [0.717, 1.165) is 78.5 Å². The summed E-state index contributed by atoms with van der Waals surface area (Å²) in [7, 11) is 0. The van der Waals surface area contributed by atoms with Gasteiger partial charge in [-0.3, -0.25) is 14.4 Å². The molecule has 1 spiro atoms. The van der Waals surface area contributed by atoms with E-state index in [4.69, 9.17) is 14.5 Å². The lowest BCUT2D eigenvalue weighted by Crippen LogP contribution is -2.59. The minimum Gasteiger partial charge on any atom is -0.381 e. The van der Waals surface area contributed by atoms with Crippen molar-refractivity contribution < 1.29 is 32.6 Å². The predicted molar refractivity (Wildman–Crippen MR) is 206 cm³/mol. The predicted octanol–water partition coefficient (Wildman–Crippen LogP) is 7.49. The van der Waals surface area contributed by atoms with E-state index in [1.165, 1.54) is 17.4 Å². The van der Waals surface area contributed by atoms with E-state index in [0.29, 0.717) is 65.8 Å². The number of halogens is 2. The highest BCUT2D eigenvalue weighted by molar-refractivity contribution is 7.17. The lowest BCUT2D eigenvalue weighted by atomic mass is 9.73. The fourth-order valence-electron chi connectivity index (χ4n) is 7.98. The molecule has 3 aromatic carbocycles. The monoisotopic (exact) mass is 761 g/mol. The largest absolute Gasteiger partial charge is 0.381 e. The molecule has 10 nitrogen and oxygen atoms in total. The third-order valence-electron chi connectivity index (χ3n) is 11.0. The molecule has 4 aliphatic heterocycles. The third kappa shape index (κ3) is 6.66. The Labute approximate surface area is 320 Å². The van der Waals surface area contributed by atoms with Crippen molar-refractivity contribution in [2.75, 3.05) is 59.9 Å². The quantitative estimate of drug-likeness (QED) is 0.185. The number of pyridine rings is 1. The molecule has 0 saturated carbocycles. The smallest absolute Gasteiger partial charge is 0.265 e. The molecule has 2 aromatic heterocycles. The first kappa shape index (κ1) is 35.2. The van der Waals surface area contributed by atoms with Gasteiger partial charge < -0.3 is 29.9 Å². The number of fused-ring (bicyclic) bond motifs is 4. The molecule has 280 valence electrons. The molecule has 0 aliphatic carbocycles. The summed E-state index contributed by atoms with van der Waals surface area (Å²) in [5.74, 6) is -2.12. The molecule has 2 saturated heterocycles. The van der Waals surface area contributed by atoms with Gasteiger partial charge in [-0.05, 0) is 79.4 Å². The SMILES string of the molecule is O=C(Nc1c(F)cccc1F)c1cc2c(s1)-c1ccccc1N(C(=O)c1ccc(NC(=O)c3cc4c(nc3N3CC5(CCOCC5)C3)CCOC4)cc1)CC2. The Bertz CT molecular complexity index is 2310. The molecule has 2 fully saturated rings. The minimum absolute atomic E-state index is 0.209. The van der Waals surface area contributed by atoms with Gasteiger partial charge in [-0.2, -0.15) is 0 Å². The van der Waals surface area contributed by atoms with Gasteiger partial charge in [0.1, 0.15) is 23.1 Å². The molecule has 4 aliphatic rings. The number of amides is 3. The number of ether oxygens (including phenoxy) is 2. The van der Waals surface area contributed by atoms with Gasteiger partial charge in [-0.15, -0.1) is 11.3 Å². The van der Waals surface area contributed by atoms with E-state index in [2.05, 4.69) is 15.5 Å². The molecule has 3 amide bonds. The normalized spacial score (nSPS) is 17.0. The Kier molecular flexibility index (Phi) is 9.15. The van der Waals surface area contributed by atoms with Crippen LogP contribution in [0.15, 0.2) is 78.9 Å². The molecule has 13 heteroatoms. The van der Waals surface area contributed by atoms with Crippen molar-refractivity contribution in [2.45, 2.75) is 32.3 Å². The number of carbonyl (C=O) groups excluding carboxylic acids is 3. The summed E-state index contributed by atoms with van der Waals surface area (Å²) in [6, 6.07) is 21.4. The highest BCUT2D eigenvalue weighted by atomic mass is 32.1. The topological polar surface area (TPSA) is 113 Å². The fourth-order valence-corrected chi connectivity index (χ4v) is 9.12. The molecule has 6 heterocycles. The molecular weight excluding hydrogens is 725 g/mol. The van der Waals surface area contributed by atoms with Gasteiger partial charge in [0.05, 0.1) is 35.0 Å². The maximum absolute atomic E-state index is 14.3. The maximum Gasteiger partial charge on any atom is 0.265 e. The number of benzene rings is 3. The maximum atomic E-state index is 14.3. The summed E-state index contributed by atoms with van der Waals surface area (Å²) >= 11 is 1.21. The lowest BCUT2D eigenvalue weighted by Gasteiger charge is -2.53. The molecule has 5 aromatic rings. The highest BCUT2D eigenvalue weighted by Gasteiger charge is 2.45. The summed E-state index contributed by atoms with van der Waals surface area (Å²) in [5.41, 5.74) is 5.42. The lowest BCUT2D eigenvalue weighted by molar-refractivity contribution is -0.000550. The molecule has 0 radical (unpaired) electrons. The van der Waals surface area contributed by atoms with Crippen molar-refractivity contribution in [1.29, 1.82) is 0 Å². The van der Waals surface area contributed by atoms with Gasteiger partial charge in [0.2, 0.25) is 0 Å². The molecule has 0 unspecified atom stereocenters. The van der Waals surface area contributed by atoms with Crippen LogP contribution in [0.5, 0.6) is 0 Å². The molecular formula is C42H37F2N5O5S. The fraction of sp³-hybridized carbons (Fsp3) is 0.286. The first-order chi connectivity index (χ1) is 26.7. The number of aromatic nitrogens is 1. The highest BCUT2D eigenvalue weighted by Crippen LogP contribution is 2.44. The summed E-state index contributed by atoms with van der Waals surface area (Å²) in [6.45, 7) is 4.58. The van der Waals surface area contributed by atoms with Gasteiger partial charge in [0.25, 0.3) is 17.7 Å². The zero-order valence-electron chi connectivity index (χ0n) is 29.8. The number of para-hydroxylation sites is 2. The van der Waals surface area contributed by atoms with Crippen molar-refractivity contribution in [3.63, 3.8) is 0 Å². The number of nitrogens with zero attached hydrogens (tertiary/aromatic N) is 3. The summed E-state index contributed by atoms with van der Waals surface area (Å²) in [4.78, 5) is 51.1. The van der Waals surface area contributed by atoms with Crippen LogP contribution in [0.4, 0.5) is 31.7 Å². The van der Waals surface area contributed by atoms with Gasteiger partial charge in [0.15, 0.2) is 0 Å². The summed E-state index contributed by atoms with van der Waals surface area (Å²) in [6.07, 6.45) is 3.18. The number of hydrogen-bond donors (Lipinski definition) is 2. The van der Waals surface area contributed by atoms with Crippen molar-refractivity contribution in [3.8, 4) is 10.4 Å². The standard InChI is InChI=1S/C42H37F2N5O5S/c43-31-5-3-6-32(44)36(31)47-40(51)35-21-26-12-16-49(34-7-2-1-4-29(34)37(26)55-35)41(52)25-8-10-28(11-9-25)45-39(50)30-20-27-22-54-17-13-33(27)46-38(30)48-23-42(24-48)14-18-53-19-15-42/h1-11,20-21H,12-19,22-24H2,(H,45,50)(H,47,51). The van der Waals surface area contributed by atoms with E-state index in [1.807, 2.05) is 30.3 Å². The van der Waals surface area contributed by atoms with E-state index in [1.54, 1.807) is 35.2 Å². The van der Waals surface area contributed by atoms with Gasteiger partial charge in [-0.1, -0.05) is 24.3 Å². The van der Waals surface area contributed by atoms with E-state index in [-0.39, 0.29) is 17.2 Å². The summed E-state index contributed by atoms with van der Waals surface area (Å²) in [5, 5.41) is 5.40. The number of hydrogen-bond acceptors (Lipinski definition) is 8. The van der Waals surface area contributed by atoms with Gasteiger partial charge in [-0.25, -0.2) is 13.8 Å². The average Bonchev–Trinajstić information content (AvgIpc) is 3.56. The Morgan fingerprint density at radius 1 is 0.800 bits per heavy atom. The Hall–Kier alpha value is -5.50. The number of rotatable bonds is 6. The number of anilines is 4. The minimum atomic E-state index is -0.858. The van der Waals surface area contributed by atoms with Crippen LogP contribution in [0.1, 0.15) is 60.1 Å². The van der Waals surface area contributed by atoms with Crippen molar-refractivity contribution in [2.24, 2.45) is 5.41 Å². The Balaban J connectivity index is 0.920. The molecule has 9 rings (SSSR count). The van der Waals surface area contributed by atoms with Crippen LogP contribution in [0, 0.1) is 17.0 Å². The van der Waals surface area contributed by atoms with Crippen LogP contribution in [-0.4, -0.2) is 62.2 Å². The van der Waals surface area contributed by atoms with Crippen LogP contribution >= 0.6 is 11.3 Å². The van der Waals surface area contributed by atoms with Crippen LogP contribution in [0.2, 0.25) is 0 Å².